The molecule has 1 rings (SSSR count). The van der Waals surface area contributed by atoms with Gasteiger partial charge >= 0.3 is 0 Å². The monoisotopic (exact) mass is 265 g/mol. The van der Waals surface area contributed by atoms with Crippen LogP contribution in [-0.4, -0.2) is 44.1 Å². The summed E-state index contributed by atoms with van der Waals surface area (Å²) in [4.78, 5) is 13.7. The molecule has 0 atom stereocenters. The van der Waals surface area contributed by atoms with E-state index in [0.29, 0.717) is 19.7 Å². The van der Waals surface area contributed by atoms with Gasteiger partial charge in [0.05, 0.1) is 13.2 Å². The maximum atomic E-state index is 11.8. The van der Waals surface area contributed by atoms with Crippen LogP contribution in [-0.2, 0) is 4.79 Å². The Hall–Kier alpha value is -1.59. The summed E-state index contributed by atoms with van der Waals surface area (Å²) in [6.45, 7) is 4.41. The van der Waals surface area contributed by atoms with Crippen molar-refractivity contribution in [3.8, 4) is 5.75 Å². The number of nitrogens with two attached hydrogens (primary N) is 1. The van der Waals surface area contributed by atoms with Crippen molar-refractivity contribution in [2.24, 2.45) is 5.73 Å². The van der Waals surface area contributed by atoms with Gasteiger partial charge < -0.3 is 15.8 Å². The van der Waals surface area contributed by atoms with Gasteiger partial charge in [0, 0.05) is 5.69 Å². The van der Waals surface area contributed by atoms with Crippen LogP contribution < -0.4 is 15.8 Å². The number of rotatable bonds is 8. The summed E-state index contributed by atoms with van der Waals surface area (Å²) < 4.78 is 5.34. The van der Waals surface area contributed by atoms with Crippen LogP contribution in [0.3, 0.4) is 0 Å². The van der Waals surface area contributed by atoms with Gasteiger partial charge in [0.1, 0.15) is 5.75 Å². The summed E-state index contributed by atoms with van der Waals surface area (Å²) >= 11 is 0. The van der Waals surface area contributed by atoms with Crippen molar-refractivity contribution >= 4 is 11.6 Å². The Labute approximate surface area is 114 Å². The van der Waals surface area contributed by atoms with Gasteiger partial charge in [-0.2, -0.15) is 0 Å². The lowest BCUT2D eigenvalue weighted by molar-refractivity contribution is -0.117. The van der Waals surface area contributed by atoms with E-state index in [2.05, 4.69) is 5.32 Å². The third-order valence-corrected chi connectivity index (χ3v) is 2.61. The molecule has 1 aromatic rings. The summed E-state index contributed by atoms with van der Waals surface area (Å²) in [7, 11) is 1.91. The fourth-order valence-corrected chi connectivity index (χ4v) is 1.69. The highest BCUT2D eigenvalue weighted by Gasteiger charge is 2.06. The van der Waals surface area contributed by atoms with Gasteiger partial charge in [-0.05, 0) is 57.7 Å². The molecule has 0 radical (unpaired) electrons. The minimum absolute atomic E-state index is 0.0244. The molecule has 0 bridgehead atoms. The molecule has 0 aliphatic carbocycles. The quantitative estimate of drug-likeness (QED) is 0.743. The molecule has 1 aromatic carbocycles. The van der Waals surface area contributed by atoms with Crippen LogP contribution >= 0.6 is 0 Å². The molecule has 106 valence electrons. The van der Waals surface area contributed by atoms with Crippen molar-refractivity contribution in [1.82, 2.24) is 4.90 Å². The van der Waals surface area contributed by atoms with E-state index in [4.69, 9.17) is 10.5 Å². The fourth-order valence-electron chi connectivity index (χ4n) is 1.69. The van der Waals surface area contributed by atoms with Gasteiger partial charge in [0.15, 0.2) is 0 Å². The third-order valence-electron chi connectivity index (χ3n) is 2.61. The topological polar surface area (TPSA) is 67.6 Å². The van der Waals surface area contributed by atoms with Gasteiger partial charge in [-0.1, -0.05) is 0 Å². The molecular formula is C14H23N3O2. The lowest BCUT2D eigenvalue weighted by Gasteiger charge is -2.15. The first-order valence-electron chi connectivity index (χ1n) is 6.57. The molecule has 5 nitrogen and oxygen atoms in total. The Morgan fingerprint density at radius 1 is 1.37 bits per heavy atom. The number of anilines is 1. The molecule has 5 heteroatoms. The van der Waals surface area contributed by atoms with Crippen LogP contribution in [0.15, 0.2) is 24.3 Å². The predicted octanol–water partition coefficient (Wildman–Crippen LogP) is 1.30. The largest absolute Gasteiger partial charge is 0.494 e. The minimum Gasteiger partial charge on any atom is -0.494 e. The first kappa shape index (κ1) is 15.5. The molecule has 0 saturated carbocycles. The number of carbonyl (C=O) groups excluding carboxylic acids is 1. The van der Waals surface area contributed by atoms with Crippen molar-refractivity contribution in [3.63, 3.8) is 0 Å². The molecule has 0 heterocycles. The van der Waals surface area contributed by atoms with Crippen LogP contribution in [0.5, 0.6) is 5.75 Å². The van der Waals surface area contributed by atoms with Gasteiger partial charge in [0.2, 0.25) is 5.91 Å². The number of nitrogens with zero attached hydrogens (tertiary/aromatic N) is 1. The molecule has 0 aromatic heterocycles. The first-order valence-corrected chi connectivity index (χ1v) is 6.57. The lowest BCUT2D eigenvalue weighted by atomic mass is 10.3. The Kier molecular flexibility index (Phi) is 6.92. The smallest absolute Gasteiger partial charge is 0.238 e. The van der Waals surface area contributed by atoms with Crippen molar-refractivity contribution in [3.05, 3.63) is 24.3 Å². The van der Waals surface area contributed by atoms with Crippen LogP contribution in [0.1, 0.15) is 13.3 Å². The lowest BCUT2D eigenvalue weighted by Crippen LogP contribution is -2.31. The first-order chi connectivity index (χ1) is 9.15. The van der Waals surface area contributed by atoms with Crippen molar-refractivity contribution in [1.29, 1.82) is 0 Å². The molecule has 19 heavy (non-hydrogen) atoms. The number of hydrogen-bond donors (Lipinski definition) is 2. The number of hydrogen-bond acceptors (Lipinski definition) is 4. The van der Waals surface area contributed by atoms with Crippen molar-refractivity contribution < 1.29 is 9.53 Å². The second-order valence-electron chi connectivity index (χ2n) is 4.39. The van der Waals surface area contributed by atoms with E-state index in [0.717, 1.165) is 24.4 Å². The van der Waals surface area contributed by atoms with E-state index in [1.807, 2.05) is 43.1 Å². The summed E-state index contributed by atoms with van der Waals surface area (Å²) in [5.74, 6) is 0.782. The van der Waals surface area contributed by atoms with E-state index < -0.39 is 0 Å². The normalized spacial score (nSPS) is 10.5. The molecule has 0 saturated heterocycles. The fraction of sp³-hybridized carbons (Fsp3) is 0.500. The van der Waals surface area contributed by atoms with Gasteiger partial charge in [-0.3, -0.25) is 9.69 Å². The number of benzene rings is 1. The molecule has 0 fully saturated rings. The summed E-state index contributed by atoms with van der Waals surface area (Å²) in [6, 6.07) is 7.36. The zero-order chi connectivity index (χ0) is 14.1. The Morgan fingerprint density at radius 2 is 2.05 bits per heavy atom. The standard InChI is InChI=1S/C14H23N3O2/c1-3-19-13-7-5-12(6-8-13)16-14(18)11-17(2)10-4-9-15/h5-8H,3-4,9-11,15H2,1-2H3,(H,16,18). The SMILES string of the molecule is CCOc1ccc(NC(=O)CN(C)CCCN)cc1. The second-order valence-corrected chi connectivity index (χ2v) is 4.39. The van der Waals surface area contributed by atoms with Crippen molar-refractivity contribution in [2.45, 2.75) is 13.3 Å². The number of ether oxygens (including phenoxy) is 1. The zero-order valence-electron chi connectivity index (χ0n) is 11.7. The Bertz CT molecular complexity index is 379. The molecule has 1 amide bonds. The maximum Gasteiger partial charge on any atom is 0.238 e. The number of nitrogens with one attached hydrogen (secondary N) is 1. The molecule has 0 aliphatic rings. The van der Waals surface area contributed by atoms with Crippen molar-refractivity contribution in [2.75, 3.05) is 38.6 Å². The maximum absolute atomic E-state index is 11.8. The van der Waals surface area contributed by atoms with Crippen LogP contribution in [0.25, 0.3) is 0 Å². The average molecular weight is 265 g/mol. The van der Waals surface area contributed by atoms with Gasteiger partial charge in [-0.15, -0.1) is 0 Å². The van der Waals surface area contributed by atoms with E-state index in [9.17, 15) is 4.79 Å². The third kappa shape index (κ3) is 6.22. The molecule has 0 unspecified atom stereocenters. The van der Waals surface area contributed by atoms with Crippen LogP contribution in [0.2, 0.25) is 0 Å². The van der Waals surface area contributed by atoms with E-state index >= 15 is 0 Å². The highest BCUT2D eigenvalue weighted by Crippen LogP contribution is 2.15. The van der Waals surface area contributed by atoms with E-state index in [-0.39, 0.29) is 5.91 Å². The molecular weight excluding hydrogens is 242 g/mol. The minimum atomic E-state index is -0.0244. The molecule has 0 aliphatic heterocycles. The van der Waals surface area contributed by atoms with Crippen LogP contribution in [0, 0.1) is 0 Å². The number of carbonyl (C=O) groups is 1. The van der Waals surface area contributed by atoms with E-state index in [1.165, 1.54) is 0 Å². The Balaban J connectivity index is 2.39. The van der Waals surface area contributed by atoms with Gasteiger partial charge in [-0.25, -0.2) is 0 Å². The predicted molar refractivity (Wildman–Crippen MR) is 77.4 cm³/mol. The number of likely N-dealkylation sites (N-methyl/N-ethyl adjacent to an activating group) is 1. The highest BCUT2D eigenvalue weighted by molar-refractivity contribution is 5.92. The summed E-state index contributed by atoms with van der Waals surface area (Å²) in [6.07, 6.45) is 0.896. The van der Waals surface area contributed by atoms with Crippen LogP contribution in [0.4, 0.5) is 5.69 Å². The number of amides is 1. The Morgan fingerprint density at radius 3 is 2.63 bits per heavy atom. The zero-order valence-corrected chi connectivity index (χ0v) is 11.7. The summed E-state index contributed by atoms with van der Waals surface area (Å²) in [5, 5.41) is 2.85. The van der Waals surface area contributed by atoms with Gasteiger partial charge in [0.25, 0.3) is 0 Å². The highest BCUT2D eigenvalue weighted by atomic mass is 16.5. The summed E-state index contributed by atoms with van der Waals surface area (Å²) in [5.41, 5.74) is 6.21. The average Bonchev–Trinajstić information content (AvgIpc) is 2.39. The molecule has 3 N–H and O–H groups in total. The second kappa shape index (κ2) is 8.50. The van der Waals surface area contributed by atoms with E-state index in [1.54, 1.807) is 0 Å². The molecule has 0 spiro atoms.